The first kappa shape index (κ1) is 20.5. The second kappa shape index (κ2) is 9.01. The number of ether oxygens (including phenoxy) is 1. The number of nitrogens with zero attached hydrogens (tertiary/aromatic N) is 5. The SMILES string of the molecule is CN1CCN(c2cccc3ccc(OCc4nnc(Cc5ccccc5)n4C)cc23)CC1. The molecule has 2 heterocycles. The van der Waals surface area contributed by atoms with Crippen molar-refractivity contribution in [3.05, 3.63) is 83.9 Å². The molecule has 0 amide bonds. The van der Waals surface area contributed by atoms with E-state index in [0.717, 1.165) is 50.0 Å². The van der Waals surface area contributed by atoms with Crippen LogP contribution >= 0.6 is 0 Å². The number of anilines is 1. The third kappa shape index (κ3) is 4.32. The van der Waals surface area contributed by atoms with Crippen LogP contribution in [-0.4, -0.2) is 52.9 Å². The molecule has 5 rings (SSSR count). The van der Waals surface area contributed by atoms with Gasteiger partial charge in [-0.2, -0.15) is 0 Å². The minimum absolute atomic E-state index is 0.389. The van der Waals surface area contributed by atoms with Gasteiger partial charge in [0, 0.05) is 50.7 Å². The van der Waals surface area contributed by atoms with Gasteiger partial charge in [0.1, 0.15) is 18.2 Å². The lowest BCUT2D eigenvalue weighted by atomic mass is 10.1. The van der Waals surface area contributed by atoms with Crippen molar-refractivity contribution in [1.29, 1.82) is 0 Å². The maximum absolute atomic E-state index is 6.15. The monoisotopic (exact) mass is 427 g/mol. The molecule has 0 radical (unpaired) electrons. The molecular formula is C26H29N5O. The maximum atomic E-state index is 6.15. The van der Waals surface area contributed by atoms with Gasteiger partial charge in [0.05, 0.1) is 0 Å². The summed E-state index contributed by atoms with van der Waals surface area (Å²) in [7, 11) is 4.19. The third-order valence-corrected chi connectivity index (χ3v) is 6.30. The Kier molecular flexibility index (Phi) is 5.77. The van der Waals surface area contributed by atoms with E-state index >= 15 is 0 Å². The second-order valence-corrected chi connectivity index (χ2v) is 8.49. The molecule has 6 nitrogen and oxygen atoms in total. The zero-order valence-corrected chi connectivity index (χ0v) is 18.7. The van der Waals surface area contributed by atoms with E-state index in [4.69, 9.17) is 4.74 Å². The maximum Gasteiger partial charge on any atom is 0.170 e. The zero-order valence-electron chi connectivity index (χ0n) is 18.7. The zero-order chi connectivity index (χ0) is 21.9. The second-order valence-electron chi connectivity index (χ2n) is 8.49. The topological polar surface area (TPSA) is 46.4 Å². The number of hydrogen-bond donors (Lipinski definition) is 0. The molecule has 0 unspecified atom stereocenters. The molecule has 1 aliphatic rings. The molecule has 1 aromatic heterocycles. The van der Waals surface area contributed by atoms with Crippen LogP contribution in [0.5, 0.6) is 5.75 Å². The number of fused-ring (bicyclic) bond motifs is 1. The van der Waals surface area contributed by atoms with Gasteiger partial charge in [-0.15, -0.1) is 10.2 Å². The summed E-state index contributed by atoms with van der Waals surface area (Å²) in [5.41, 5.74) is 2.51. The molecule has 1 saturated heterocycles. The Bertz CT molecular complexity index is 1200. The fourth-order valence-electron chi connectivity index (χ4n) is 4.25. The van der Waals surface area contributed by atoms with Gasteiger partial charge in [-0.25, -0.2) is 0 Å². The minimum atomic E-state index is 0.389. The Balaban J connectivity index is 1.32. The predicted molar refractivity (Wildman–Crippen MR) is 128 cm³/mol. The van der Waals surface area contributed by atoms with Gasteiger partial charge in [0.2, 0.25) is 0 Å². The molecule has 0 aliphatic carbocycles. The standard InChI is InChI=1S/C26H29N5O/c1-29-13-15-31(16-14-29)24-10-6-9-21-11-12-22(18-23(21)24)32-19-26-28-27-25(30(26)2)17-20-7-4-3-5-8-20/h3-12,18H,13-17,19H2,1-2H3. The van der Waals surface area contributed by atoms with Crippen LogP contribution in [0.1, 0.15) is 17.2 Å². The van der Waals surface area contributed by atoms with Crippen molar-refractivity contribution >= 4 is 16.5 Å². The number of likely N-dealkylation sites (N-methyl/N-ethyl adjacent to an activating group) is 1. The fraction of sp³-hybridized carbons (Fsp3) is 0.308. The van der Waals surface area contributed by atoms with Crippen LogP contribution in [0.25, 0.3) is 10.8 Å². The number of aromatic nitrogens is 3. The first-order chi connectivity index (χ1) is 15.7. The summed E-state index contributed by atoms with van der Waals surface area (Å²) in [6.07, 6.45) is 0.759. The van der Waals surface area contributed by atoms with E-state index in [-0.39, 0.29) is 0 Å². The Morgan fingerprint density at radius 1 is 0.812 bits per heavy atom. The molecule has 0 bridgehead atoms. The van der Waals surface area contributed by atoms with Crippen LogP contribution in [0.2, 0.25) is 0 Å². The molecule has 1 fully saturated rings. The van der Waals surface area contributed by atoms with E-state index in [9.17, 15) is 0 Å². The van der Waals surface area contributed by atoms with Crippen molar-refractivity contribution in [3.8, 4) is 5.75 Å². The van der Waals surface area contributed by atoms with E-state index in [1.165, 1.54) is 22.0 Å². The van der Waals surface area contributed by atoms with Crippen molar-refractivity contribution in [2.75, 3.05) is 38.1 Å². The van der Waals surface area contributed by atoms with Crippen LogP contribution in [0, 0.1) is 0 Å². The lowest BCUT2D eigenvalue weighted by Gasteiger charge is -2.34. The molecule has 32 heavy (non-hydrogen) atoms. The Morgan fingerprint density at radius 3 is 2.41 bits per heavy atom. The van der Waals surface area contributed by atoms with Gasteiger partial charge in [0.15, 0.2) is 5.82 Å². The van der Waals surface area contributed by atoms with Crippen LogP contribution < -0.4 is 9.64 Å². The third-order valence-electron chi connectivity index (χ3n) is 6.30. The van der Waals surface area contributed by atoms with Gasteiger partial charge in [-0.1, -0.05) is 48.5 Å². The smallest absolute Gasteiger partial charge is 0.170 e. The highest BCUT2D eigenvalue weighted by molar-refractivity contribution is 5.95. The first-order valence-electron chi connectivity index (χ1n) is 11.2. The highest BCUT2D eigenvalue weighted by atomic mass is 16.5. The van der Waals surface area contributed by atoms with Crippen LogP contribution in [0.15, 0.2) is 66.7 Å². The van der Waals surface area contributed by atoms with Crippen LogP contribution in [0.4, 0.5) is 5.69 Å². The molecule has 4 aromatic rings. The van der Waals surface area contributed by atoms with Crippen LogP contribution in [0.3, 0.4) is 0 Å². The average molecular weight is 428 g/mol. The highest BCUT2D eigenvalue weighted by Crippen LogP contribution is 2.31. The van der Waals surface area contributed by atoms with E-state index in [1.807, 2.05) is 35.9 Å². The normalized spacial score (nSPS) is 14.8. The van der Waals surface area contributed by atoms with Gasteiger partial charge >= 0.3 is 0 Å². The molecule has 0 saturated carbocycles. The van der Waals surface area contributed by atoms with Crippen molar-refractivity contribution < 1.29 is 4.74 Å². The van der Waals surface area contributed by atoms with Crippen molar-refractivity contribution in [3.63, 3.8) is 0 Å². The van der Waals surface area contributed by atoms with Crippen molar-refractivity contribution in [1.82, 2.24) is 19.7 Å². The summed E-state index contributed by atoms with van der Waals surface area (Å²) >= 11 is 0. The van der Waals surface area contributed by atoms with E-state index in [0.29, 0.717) is 6.61 Å². The molecule has 1 aliphatic heterocycles. The number of piperazine rings is 1. The predicted octanol–water partition coefficient (Wildman–Crippen LogP) is 3.89. The molecular weight excluding hydrogens is 398 g/mol. The van der Waals surface area contributed by atoms with Crippen molar-refractivity contribution in [2.24, 2.45) is 7.05 Å². The summed E-state index contributed by atoms with van der Waals surface area (Å²) in [4.78, 5) is 4.85. The summed E-state index contributed by atoms with van der Waals surface area (Å²) in [5, 5.41) is 11.2. The minimum Gasteiger partial charge on any atom is -0.486 e. The van der Waals surface area contributed by atoms with Gasteiger partial charge in [0.25, 0.3) is 0 Å². The van der Waals surface area contributed by atoms with Crippen LogP contribution in [-0.2, 0) is 20.1 Å². The lowest BCUT2D eigenvalue weighted by Crippen LogP contribution is -2.44. The molecule has 0 N–H and O–H groups in total. The molecule has 164 valence electrons. The Morgan fingerprint density at radius 2 is 1.59 bits per heavy atom. The Hall–Kier alpha value is -3.38. The molecule has 3 aromatic carbocycles. The summed E-state index contributed by atoms with van der Waals surface area (Å²) in [6, 6.07) is 23.2. The number of benzene rings is 3. The number of rotatable bonds is 6. The molecule has 6 heteroatoms. The summed E-state index contributed by atoms with van der Waals surface area (Å²) in [6.45, 7) is 4.65. The molecule has 0 atom stereocenters. The summed E-state index contributed by atoms with van der Waals surface area (Å²) in [5.74, 6) is 2.61. The average Bonchev–Trinajstić information content (AvgIpc) is 3.17. The largest absolute Gasteiger partial charge is 0.486 e. The first-order valence-corrected chi connectivity index (χ1v) is 11.2. The molecule has 0 spiro atoms. The van der Waals surface area contributed by atoms with E-state index in [2.05, 4.69) is 69.5 Å². The quantitative estimate of drug-likeness (QED) is 0.467. The van der Waals surface area contributed by atoms with Gasteiger partial charge < -0.3 is 19.1 Å². The number of hydrogen-bond acceptors (Lipinski definition) is 5. The van der Waals surface area contributed by atoms with E-state index < -0.39 is 0 Å². The van der Waals surface area contributed by atoms with E-state index in [1.54, 1.807) is 0 Å². The van der Waals surface area contributed by atoms with Crippen molar-refractivity contribution in [2.45, 2.75) is 13.0 Å². The van der Waals surface area contributed by atoms with Gasteiger partial charge in [-0.3, -0.25) is 0 Å². The lowest BCUT2D eigenvalue weighted by molar-refractivity contribution is 0.291. The highest BCUT2D eigenvalue weighted by Gasteiger charge is 2.17. The van der Waals surface area contributed by atoms with Gasteiger partial charge in [-0.05, 0) is 36.2 Å². The Labute approximate surface area is 189 Å². The summed E-state index contributed by atoms with van der Waals surface area (Å²) < 4.78 is 8.19. The fourth-order valence-corrected chi connectivity index (χ4v) is 4.25.